The van der Waals surface area contributed by atoms with Gasteiger partial charge in [-0.25, -0.2) is 9.59 Å². The lowest BCUT2D eigenvalue weighted by Gasteiger charge is -2.18. The lowest BCUT2D eigenvalue weighted by Crippen LogP contribution is -2.44. The van der Waals surface area contributed by atoms with Gasteiger partial charge in [0.2, 0.25) is 0 Å². The van der Waals surface area contributed by atoms with Crippen LogP contribution in [0, 0.1) is 5.92 Å². The average molecular weight is 383 g/mol. The second-order valence-electron chi connectivity index (χ2n) is 5.92. The molecule has 0 aliphatic carbocycles. The molecule has 0 heterocycles. The minimum Gasteiger partial charge on any atom is -0.496 e. The Hall–Kier alpha value is -2.22. The zero-order valence-corrected chi connectivity index (χ0v) is 16.5. The van der Waals surface area contributed by atoms with E-state index in [9.17, 15) is 14.4 Å². The molecule has 1 aromatic rings. The maximum Gasteiger partial charge on any atom is 0.342 e. The summed E-state index contributed by atoms with van der Waals surface area (Å²) in [4.78, 5) is 36.9. The van der Waals surface area contributed by atoms with E-state index in [1.807, 2.05) is 20.1 Å². The van der Waals surface area contributed by atoms with Crippen LogP contribution in [0.2, 0.25) is 0 Å². The number of amides is 1. The third-order valence-electron chi connectivity index (χ3n) is 3.49. The number of rotatable bonds is 9. The normalized spacial score (nSPS) is 11.6. The number of methoxy groups -OCH3 is 2. The van der Waals surface area contributed by atoms with Crippen LogP contribution in [0.4, 0.5) is 0 Å². The maximum atomic E-state index is 12.2. The van der Waals surface area contributed by atoms with Crippen molar-refractivity contribution in [1.29, 1.82) is 0 Å². The van der Waals surface area contributed by atoms with E-state index < -0.39 is 30.5 Å². The molecule has 0 aromatic heterocycles. The van der Waals surface area contributed by atoms with E-state index >= 15 is 0 Å². The number of carbonyl (C=O) groups excluding carboxylic acids is 3. The molecule has 1 N–H and O–H groups in total. The van der Waals surface area contributed by atoms with E-state index in [0.717, 1.165) is 4.90 Å². The van der Waals surface area contributed by atoms with Crippen LogP contribution in [0.5, 0.6) is 5.75 Å². The molecule has 0 saturated heterocycles. The smallest absolute Gasteiger partial charge is 0.342 e. The van der Waals surface area contributed by atoms with Gasteiger partial charge in [-0.15, -0.1) is 11.8 Å². The number of hydrogen-bond donors (Lipinski definition) is 1. The first-order valence-electron chi connectivity index (χ1n) is 8.08. The van der Waals surface area contributed by atoms with Crippen molar-refractivity contribution in [3.63, 3.8) is 0 Å². The van der Waals surface area contributed by atoms with Gasteiger partial charge in [-0.05, 0) is 36.8 Å². The summed E-state index contributed by atoms with van der Waals surface area (Å²) in [6.45, 7) is 3.34. The number of benzene rings is 1. The zero-order valence-electron chi connectivity index (χ0n) is 15.7. The molecule has 1 rings (SSSR count). The molecule has 1 aromatic carbocycles. The summed E-state index contributed by atoms with van der Waals surface area (Å²) in [5.74, 6) is -1.24. The van der Waals surface area contributed by atoms with Gasteiger partial charge < -0.3 is 19.5 Å². The van der Waals surface area contributed by atoms with Gasteiger partial charge in [-0.2, -0.15) is 0 Å². The van der Waals surface area contributed by atoms with Crippen molar-refractivity contribution < 1.29 is 28.6 Å². The number of thioether (sulfide) groups is 1. The van der Waals surface area contributed by atoms with Gasteiger partial charge in [-0.1, -0.05) is 13.8 Å². The van der Waals surface area contributed by atoms with Gasteiger partial charge in [-0.3, -0.25) is 4.79 Å². The van der Waals surface area contributed by atoms with Crippen LogP contribution in [-0.4, -0.2) is 51.0 Å². The first-order chi connectivity index (χ1) is 12.3. The zero-order chi connectivity index (χ0) is 19.7. The van der Waals surface area contributed by atoms with Gasteiger partial charge >= 0.3 is 11.9 Å². The Bertz CT molecular complexity index is 647. The molecule has 0 radical (unpaired) electrons. The van der Waals surface area contributed by atoms with Gasteiger partial charge in [0.15, 0.2) is 6.61 Å². The quantitative estimate of drug-likeness (QED) is 0.517. The molecule has 144 valence electrons. The Kier molecular flexibility index (Phi) is 8.98. The fourth-order valence-electron chi connectivity index (χ4n) is 2.24. The fourth-order valence-corrected chi connectivity index (χ4v) is 2.67. The van der Waals surface area contributed by atoms with E-state index in [4.69, 9.17) is 9.47 Å². The number of esters is 2. The van der Waals surface area contributed by atoms with Crippen molar-refractivity contribution in [3.8, 4) is 5.75 Å². The maximum absolute atomic E-state index is 12.2. The highest BCUT2D eigenvalue weighted by molar-refractivity contribution is 7.98. The van der Waals surface area contributed by atoms with Gasteiger partial charge in [0, 0.05) is 4.90 Å². The molecule has 0 saturated carbocycles. The first kappa shape index (κ1) is 21.8. The van der Waals surface area contributed by atoms with Crippen LogP contribution in [0.1, 0.15) is 30.6 Å². The molecular weight excluding hydrogens is 358 g/mol. The molecular formula is C18H25NO6S. The minimum absolute atomic E-state index is 0.182. The summed E-state index contributed by atoms with van der Waals surface area (Å²) in [5, 5.41) is 2.53. The van der Waals surface area contributed by atoms with Crippen molar-refractivity contribution in [1.82, 2.24) is 5.32 Å². The minimum atomic E-state index is -0.776. The number of ether oxygens (including phenoxy) is 3. The third-order valence-corrected chi connectivity index (χ3v) is 4.22. The van der Waals surface area contributed by atoms with Crippen molar-refractivity contribution in [2.45, 2.75) is 31.2 Å². The van der Waals surface area contributed by atoms with Crippen LogP contribution < -0.4 is 10.1 Å². The topological polar surface area (TPSA) is 90.9 Å². The van der Waals surface area contributed by atoms with E-state index in [1.54, 1.807) is 18.2 Å². The second-order valence-corrected chi connectivity index (χ2v) is 6.79. The summed E-state index contributed by atoms with van der Waals surface area (Å²) in [6.07, 6.45) is 2.34. The molecule has 1 atom stereocenters. The van der Waals surface area contributed by atoms with Crippen LogP contribution in [-0.2, 0) is 19.1 Å². The second kappa shape index (κ2) is 10.7. The van der Waals surface area contributed by atoms with E-state index in [-0.39, 0.29) is 11.5 Å². The highest BCUT2D eigenvalue weighted by Gasteiger charge is 2.23. The molecule has 0 bridgehead atoms. The molecule has 0 aliphatic rings. The first-order valence-corrected chi connectivity index (χ1v) is 9.31. The summed E-state index contributed by atoms with van der Waals surface area (Å²) < 4.78 is 14.9. The molecule has 0 spiro atoms. The van der Waals surface area contributed by atoms with Gasteiger partial charge in [0.25, 0.3) is 5.91 Å². The molecule has 7 nitrogen and oxygen atoms in total. The molecule has 0 aliphatic heterocycles. The Morgan fingerprint density at radius 3 is 2.42 bits per heavy atom. The van der Waals surface area contributed by atoms with Crippen LogP contribution in [0.3, 0.4) is 0 Å². The van der Waals surface area contributed by atoms with Crippen LogP contribution >= 0.6 is 11.8 Å². The van der Waals surface area contributed by atoms with E-state index in [0.29, 0.717) is 12.2 Å². The van der Waals surface area contributed by atoms with E-state index in [1.165, 1.54) is 26.0 Å². The van der Waals surface area contributed by atoms with Crippen molar-refractivity contribution in [2.75, 3.05) is 27.1 Å². The molecule has 8 heteroatoms. The summed E-state index contributed by atoms with van der Waals surface area (Å²) in [7, 11) is 2.71. The largest absolute Gasteiger partial charge is 0.496 e. The highest BCUT2D eigenvalue weighted by atomic mass is 32.2. The van der Waals surface area contributed by atoms with Gasteiger partial charge in [0.1, 0.15) is 17.4 Å². The molecule has 26 heavy (non-hydrogen) atoms. The Morgan fingerprint density at radius 2 is 1.88 bits per heavy atom. The fraction of sp³-hybridized carbons (Fsp3) is 0.500. The van der Waals surface area contributed by atoms with Crippen molar-refractivity contribution >= 4 is 29.6 Å². The number of hydrogen-bond acceptors (Lipinski definition) is 7. The molecule has 0 fully saturated rings. The lowest BCUT2D eigenvalue weighted by atomic mass is 10.0. The standard InChI is InChI=1S/C18H25NO6S/c1-11(2)8-14(18(22)24-4)19-16(20)10-25-17(21)13-7-6-12(26-5)9-15(13)23-3/h6-7,9,11,14H,8,10H2,1-5H3,(H,19,20)/t14-/m0/s1. The van der Waals surface area contributed by atoms with Crippen LogP contribution in [0.15, 0.2) is 23.1 Å². The van der Waals surface area contributed by atoms with Crippen LogP contribution in [0.25, 0.3) is 0 Å². The van der Waals surface area contributed by atoms with Crippen molar-refractivity contribution in [3.05, 3.63) is 23.8 Å². The predicted octanol–water partition coefficient (Wildman–Crippen LogP) is 2.28. The Labute approximate surface area is 157 Å². The van der Waals surface area contributed by atoms with Gasteiger partial charge in [0.05, 0.1) is 14.2 Å². The summed E-state index contributed by atoms with van der Waals surface area (Å²) in [6, 6.07) is 4.29. The Morgan fingerprint density at radius 1 is 1.19 bits per heavy atom. The average Bonchev–Trinajstić information content (AvgIpc) is 2.63. The van der Waals surface area contributed by atoms with Crippen molar-refractivity contribution in [2.24, 2.45) is 5.92 Å². The highest BCUT2D eigenvalue weighted by Crippen LogP contribution is 2.25. The summed E-state index contributed by atoms with van der Waals surface area (Å²) >= 11 is 1.51. The monoisotopic (exact) mass is 383 g/mol. The molecule has 0 unspecified atom stereocenters. The predicted molar refractivity (Wildman–Crippen MR) is 98.5 cm³/mol. The number of nitrogens with one attached hydrogen (secondary N) is 1. The third kappa shape index (κ3) is 6.59. The lowest BCUT2D eigenvalue weighted by molar-refractivity contribution is -0.145. The number of carbonyl (C=O) groups is 3. The SMILES string of the molecule is COC(=O)[C@H](CC(C)C)NC(=O)COC(=O)c1ccc(SC)cc1OC. The molecule has 1 amide bonds. The summed E-state index contributed by atoms with van der Waals surface area (Å²) in [5.41, 5.74) is 0.227. The van der Waals surface area contributed by atoms with E-state index in [2.05, 4.69) is 10.1 Å². The Balaban J connectivity index is 2.68.